The number of benzene rings is 1. The second-order valence-corrected chi connectivity index (χ2v) is 4.58. The normalized spacial score (nSPS) is 10.6. The lowest BCUT2D eigenvalue weighted by Crippen LogP contribution is -2.09. The zero-order chi connectivity index (χ0) is 12.8. The van der Waals surface area contributed by atoms with Gasteiger partial charge < -0.3 is 4.74 Å². The van der Waals surface area contributed by atoms with Crippen LogP contribution in [0, 0.1) is 0 Å². The van der Waals surface area contributed by atoms with Gasteiger partial charge in [0.15, 0.2) is 0 Å². The maximum atomic E-state index is 12.3. The Labute approximate surface area is 111 Å². The summed E-state index contributed by atoms with van der Waals surface area (Å²) in [6.45, 7) is -2.89. The molecule has 0 saturated carbocycles. The minimum absolute atomic E-state index is 0.0811. The largest absolute Gasteiger partial charge is 0.433 e. The smallest absolute Gasteiger partial charge is 0.387 e. The van der Waals surface area contributed by atoms with E-state index in [4.69, 9.17) is 0 Å². The maximum absolute atomic E-state index is 12.3. The molecular weight excluding hydrogens is 314 g/mol. The molecule has 0 bridgehead atoms. The number of carbonyl (C=O) groups is 1. The highest BCUT2D eigenvalue weighted by molar-refractivity contribution is 9.09. The summed E-state index contributed by atoms with van der Waals surface area (Å²) in [7, 11) is 0. The number of alkyl halides is 3. The minimum atomic E-state index is -2.89. The van der Waals surface area contributed by atoms with Gasteiger partial charge in [-0.1, -0.05) is 28.1 Å². The molecule has 0 aromatic heterocycles. The number of halogens is 3. The lowest BCUT2D eigenvalue weighted by atomic mass is 10.1. The van der Waals surface area contributed by atoms with E-state index in [-0.39, 0.29) is 23.3 Å². The monoisotopic (exact) mass is 324 g/mol. The van der Waals surface area contributed by atoms with Crippen LogP contribution < -0.4 is 4.74 Å². The Morgan fingerprint density at radius 3 is 2.76 bits per heavy atom. The zero-order valence-corrected chi connectivity index (χ0v) is 11.5. The quantitative estimate of drug-likeness (QED) is 0.591. The third-order valence-electron chi connectivity index (χ3n) is 2.02. The number of hydrogen-bond acceptors (Lipinski definition) is 3. The van der Waals surface area contributed by atoms with Crippen LogP contribution in [-0.4, -0.2) is 24.0 Å². The van der Waals surface area contributed by atoms with E-state index < -0.39 is 6.61 Å². The first kappa shape index (κ1) is 14.4. The van der Waals surface area contributed by atoms with Crippen LogP contribution in [0.4, 0.5) is 8.78 Å². The van der Waals surface area contributed by atoms with Crippen molar-refractivity contribution in [3.8, 4) is 5.75 Å². The van der Waals surface area contributed by atoms with Gasteiger partial charge in [0.2, 0.25) is 0 Å². The Bertz CT molecular complexity index is 399. The SMILES string of the molecule is CSc1cccc(CC(=O)CBr)c1OC(F)F. The lowest BCUT2D eigenvalue weighted by Gasteiger charge is -2.13. The van der Waals surface area contributed by atoms with Gasteiger partial charge in [-0.15, -0.1) is 11.8 Å². The van der Waals surface area contributed by atoms with Crippen LogP contribution in [0.3, 0.4) is 0 Å². The van der Waals surface area contributed by atoms with E-state index in [9.17, 15) is 13.6 Å². The van der Waals surface area contributed by atoms with Gasteiger partial charge >= 0.3 is 6.61 Å². The highest BCUT2D eigenvalue weighted by Crippen LogP contribution is 2.33. The Morgan fingerprint density at radius 2 is 2.24 bits per heavy atom. The van der Waals surface area contributed by atoms with Gasteiger partial charge in [0, 0.05) is 16.9 Å². The zero-order valence-electron chi connectivity index (χ0n) is 9.08. The van der Waals surface area contributed by atoms with Crippen molar-refractivity contribution in [1.29, 1.82) is 0 Å². The Balaban J connectivity index is 3.05. The second-order valence-electron chi connectivity index (χ2n) is 3.18. The lowest BCUT2D eigenvalue weighted by molar-refractivity contribution is -0.116. The van der Waals surface area contributed by atoms with Crippen LogP contribution in [0.25, 0.3) is 0 Å². The summed E-state index contributed by atoms with van der Waals surface area (Å²) in [4.78, 5) is 11.9. The fourth-order valence-electron chi connectivity index (χ4n) is 1.34. The van der Waals surface area contributed by atoms with E-state index >= 15 is 0 Å². The molecule has 0 amide bonds. The van der Waals surface area contributed by atoms with Gasteiger partial charge in [-0.3, -0.25) is 4.79 Å². The molecule has 0 spiro atoms. The molecule has 1 aromatic rings. The van der Waals surface area contributed by atoms with Crippen molar-refractivity contribution < 1.29 is 18.3 Å². The van der Waals surface area contributed by atoms with Crippen LogP contribution >= 0.6 is 27.7 Å². The van der Waals surface area contributed by atoms with Crippen molar-refractivity contribution in [2.75, 3.05) is 11.6 Å². The maximum Gasteiger partial charge on any atom is 0.387 e. The van der Waals surface area contributed by atoms with Crippen LogP contribution in [0.5, 0.6) is 5.75 Å². The van der Waals surface area contributed by atoms with Gasteiger partial charge in [0.1, 0.15) is 11.5 Å². The van der Waals surface area contributed by atoms with E-state index in [2.05, 4.69) is 20.7 Å². The Hall–Kier alpha value is -0.620. The summed E-state index contributed by atoms with van der Waals surface area (Å²) < 4.78 is 29.1. The number of para-hydroxylation sites is 1. The van der Waals surface area contributed by atoms with Gasteiger partial charge in [0.25, 0.3) is 0 Å². The molecular formula is C11H11BrF2O2S. The van der Waals surface area contributed by atoms with Crippen molar-refractivity contribution >= 4 is 33.5 Å². The minimum Gasteiger partial charge on any atom is -0.433 e. The third-order valence-corrected chi connectivity index (χ3v) is 3.41. The van der Waals surface area contributed by atoms with Crippen LogP contribution in [0.15, 0.2) is 23.1 Å². The first-order chi connectivity index (χ1) is 8.08. The van der Waals surface area contributed by atoms with E-state index in [1.807, 2.05) is 0 Å². The first-order valence-corrected chi connectivity index (χ1v) is 7.11. The molecule has 0 heterocycles. The first-order valence-electron chi connectivity index (χ1n) is 4.76. The fraction of sp³-hybridized carbons (Fsp3) is 0.364. The topological polar surface area (TPSA) is 26.3 Å². The Kier molecular flexibility index (Phi) is 5.91. The highest BCUT2D eigenvalue weighted by Gasteiger charge is 2.15. The van der Waals surface area contributed by atoms with Crippen molar-refractivity contribution in [2.24, 2.45) is 0 Å². The molecule has 0 saturated heterocycles. The molecule has 94 valence electrons. The van der Waals surface area contributed by atoms with Crippen LogP contribution in [-0.2, 0) is 11.2 Å². The summed E-state index contributed by atoms with van der Waals surface area (Å²) in [6.07, 6.45) is 1.85. The van der Waals surface area contributed by atoms with Crippen molar-refractivity contribution in [3.63, 3.8) is 0 Å². The van der Waals surface area contributed by atoms with E-state index in [0.717, 1.165) is 0 Å². The van der Waals surface area contributed by atoms with Crippen molar-refractivity contribution in [1.82, 2.24) is 0 Å². The number of ketones is 1. The van der Waals surface area contributed by atoms with Gasteiger partial charge in [0.05, 0.1) is 5.33 Å². The molecule has 0 aliphatic carbocycles. The Morgan fingerprint density at radius 1 is 1.53 bits per heavy atom. The fourth-order valence-corrected chi connectivity index (χ4v) is 2.12. The summed E-state index contributed by atoms with van der Waals surface area (Å²) >= 11 is 4.34. The molecule has 2 nitrogen and oxygen atoms in total. The van der Waals surface area contributed by atoms with Gasteiger partial charge in [-0.2, -0.15) is 8.78 Å². The number of hydrogen-bond donors (Lipinski definition) is 0. The van der Waals surface area contributed by atoms with Crippen LogP contribution in [0.1, 0.15) is 5.56 Å². The summed E-state index contributed by atoms with van der Waals surface area (Å²) in [5, 5.41) is 0.199. The molecule has 0 aliphatic heterocycles. The van der Waals surface area contributed by atoms with Gasteiger partial charge in [-0.25, -0.2) is 0 Å². The predicted molar refractivity (Wildman–Crippen MR) is 67.4 cm³/mol. The number of carbonyl (C=O) groups excluding carboxylic acids is 1. The predicted octanol–water partition coefficient (Wildman–Crippen LogP) is 3.52. The number of Topliss-reactive ketones (excluding diaryl/α,β-unsaturated/α-hetero) is 1. The number of ether oxygens (including phenoxy) is 1. The highest BCUT2D eigenvalue weighted by atomic mass is 79.9. The van der Waals surface area contributed by atoms with Crippen LogP contribution in [0.2, 0.25) is 0 Å². The van der Waals surface area contributed by atoms with E-state index in [1.165, 1.54) is 11.8 Å². The molecule has 1 rings (SSSR count). The van der Waals surface area contributed by atoms with Crippen molar-refractivity contribution in [2.45, 2.75) is 17.9 Å². The molecule has 0 fully saturated rings. The van der Waals surface area contributed by atoms with E-state index in [1.54, 1.807) is 24.5 Å². The average Bonchev–Trinajstić information content (AvgIpc) is 2.30. The summed E-state index contributed by atoms with van der Waals surface area (Å²) in [5.41, 5.74) is 0.488. The number of rotatable bonds is 6. The molecule has 1 aromatic carbocycles. The molecule has 17 heavy (non-hydrogen) atoms. The molecule has 0 aliphatic rings. The molecule has 0 atom stereocenters. The third kappa shape index (κ3) is 4.27. The average molecular weight is 325 g/mol. The standard InChI is InChI=1S/C11H11BrF2O2S/c1-17-9-4-2-3-7(5-8(15)6-12)10(9)16-11(13)14/h2-4,11H,5-6H2,1H3. The molecule has 0 N–H and O–H groups in total. The van der Waals surface area contributed by atoms with E-state index in [0.29, 0.717) is 10.5 Å². The number of thioether (sulfide) groups is 1. The summed E-state index contributed by atoms with van der Waals surface area (Å²) in [6, 6.07) is 5.03. The van der Waals surface area contributed by atoms with Gasteiger partial charge in [-0.05, 0) is 12.3 Å². The summed E-state index contributed by atoms with van der Waals surface area (Å²) in [5.74, 6) is 0.0201. The molecule has 0 unspecified atom stereocenters. The second kappa shape index (κ2) is 6.96. The molecule has 0 radical (unpaired) electrons. The van der Waals surface area contributed by atoms with Crippen molar-refractivity contribution in [3.05, 3.63) is 23.8 Å². The molecule has 6 heteroatoms.